The van der Waals surface area contributed by atoms with Crippen molar-refractivity contribution in [3.8, 4) is 0 Å². The van der Waals surface area contributed by atoms with Crippen molar-refractivity contribution in [2.45, 2.75) is 25.4 Å². The van der Waals surface area contributed by atoms with Gasteiger partial charge in [0, 0.05) is 12.7 Å². The molecule has 1 fully saturated rings. The molecule has 0 spiro atoms. The van der Waals surface area contributed by atoms with Crippen LogP contribution in [-0.2, 0) is 4.74 Å². The monoisotopic (exact) mass is 244 g/mol. The van der Waals surface area contributed by atoms with E-state index in [1.54, 1.807) is 0 Å². The molecule has 1 aliphatic heterocycles. The Labute approximate surface area is 96.4 Å². The van der Waals surface area contributed by atoms with Gasteiger partial charge in [-0.05, 0) is 25.8 Å². The van der Waals surface area contributed by atoms with E-state index in [2.05, 4.69) is 0 Å². The van der Waals surface area contributed by atoms with Gasteiger partial charge in [0.2, 0.25) is 0 Å². The lowest BCUT2D eigenvalue weighted by molar-refractivity contribution is 0.0209. The molecule has 0 radical (unpaired) electrons. The van der Waals surface area contributed by atoms with Gasteiger partial charge in [0.25, 0.3) is 0 Å². The SMILES string of the molecule is CC1(C(=O)c2cc(F)c(F)cc2F)CCCO1. The molecule has 1 aliphatic rings. The zero-order valence-corrected chi connectivity index (χ0v) is 9.23. The number of Topliss-reactive ketones (excluding diaryl/α,β-unsaturated/α-hetero) is 1. The molecule has 0 bridgehead atoms. The highest BCUT2D eigenvalue weighted by molar-refractivity contribution is 6.02. The van der Waals surface area contributed by atoms with Crippen LogP contribution in [0.15, 0.2) is 12.1 Å². The summed E-state index contributed by atoms with van der Waals surface area (Å²) in [6, 6.07) is 0.959. The van der Waals surface area contributed by atoms with Crippen LogP contribution in [0.4, 0.5) is 13.2 Å². The van der Waals surface area contributed by atoms with Crippen molar-refractivity contribution < 1.29 is 22.7 Å². The molecule has 0 saturated carbocycles. The van der Waals surface area contributed by atoms with Crippen molar-refractivity contribution in [2.24, 2.45) is 0 Å². The number of hydrogen-bond acceptors (Lipinski definition) is 2. The first-order chi connectivity index (χ1) is 7.94. The first kappa shape index (κ1) is 12.1. The molecule has 92 valence electrons. The topological polar surface area (TPSA) is 26.3 Å². The predicted molar refractivity (Wildman–Crippen MR) is 54.2 cm³/mol. The minimum Gasteiger partial charge on any atom is -0.367 e. The predicted octanol–water partition coefficient (Wildman–Crippen LogP) is 2.86. The second kappa shape index (κ2) is 4.14. The Morgan fingerprint density at radius 1 is 1.24 bits per heavy atom. The number of halogens is 3. The van der Waals surface area contributed by atoms with E-state index in [-0.39, 0.29) is 0 Å². The molecule has 2 rings (SSSR count). The molecule has 2 nitrogen and oxygen atoms in total. The fourth-order valence-electron chi connectivity index (χ4n) is 1.94. The maximum absolute atomic E-state index is 13.4. The first-order valence-corrected chi connectivity index (χ1v) is 5.27. The van der Waals surface area contributed by atoms with Crippen molar-refractivity contribution in [2.75, 3.05) is 6.61 Å². The van der Waals surface area contributed by atoms with Crippen LogP contribution in [0.2, 0.25) is 0 Å². The summed E-state index contributed by atoms with van der Waals surface area (Å²) in [5.41, 5.74) is -1.60. The lowest BCUT2D eigenvalue weighted by Crippen LogP contribution is -2.35. The Morgan fingerprint density at radius 3 is 2.47 bits per heavy atom. The summed E-state index contributed by atoms with van der Waals surface area (Å²) in [6.07, 6.45) is 1.14. The lowest BCUT2D eigenvalue weighted by atomic mass is 9.91. The summed E-state index contributed by atoms with van der Waals surface area (Å²) in [6.45, 7) is 1.94. The van der Waals surface area contributed by atoms with E-state index < -0.39 is 34.4 Å². The van der Waals surface area contributed by atoms with Crippen LogP contribution in [0, 0.1) is 17.5 Å². The van der Waals surface area contributed by atoms with Crippen LogP contribution in [0.25, 0.3) is 0 Å². The van der Waals surface area contributed by atoms with Gasteiger partial charge in [0.1, 0.15) is 11.4 Å². The van der Waals surface area contributed by atoms with E-state index in [1.807, 2.05) is 0 Å². The molecule has 0 aliphatic carbocycles. The van der Waals surface area contributed by atoms with Gasteiger partial charge in [0.15, 0.2) is 17.4 Å². The van der Waals surface area contributed by atoms with E-state index in [0.29, 0.717) is 31.6 Å². The smallest absolute Gasteiger partial charge is 0.197 e. The molecule has 0 N–H and O–H groups in total. The van der Waals surface area contributed by atoms with E-state index in [0.717, 1.165) is 0 Å². The van der Waals surface area contributed by atoms with Crippen LogP contribution in [0.3, 0.4) is 0 Å². The first-order valence-electron chi connectivity index (χ1n) is 5.27. The van der Waals surface area contributed by atoms with Crippen molar-refractivity contribution in [1.82, 2.24) is 0 Å². The highest BCUT2D eigenvalue weighted by atomic mass is 19.2. The largest absolute Gasteiger partial charge is 0.367 e. The number of rotatable bonds is 2. The normalized spacial score (nSPS) is 24.0. The Bertz CT molecular complexity index is 465. The Kier molecular flexibility index (Phi) is 2.95. The molecule has 1 heterocycles. The molecule has 17 heavy (non-hydrogen) atoms. The Morgan fingerprint density at radius 2 is 1.88 bits per heavy atom. The number of carbonyl (C=O) groups is 1. The average Bonchev–Trinajstić information content (AvgIpc) is 2.71. The van der Waals surface area contributed by atoms with Crippen LogP contribution in [0.1, 0.15) is 30.1 Å². The van der Waals surface area contributed by atoms with Crippen molar-refractivity contribution in [1.29, 1.82) is 0 Å². The zero-order chi connectivity index (χ0) is 12.6. The molecule has 0 amide bonds. The van der Waals surface area contributed by atoms with Crippen LogP contribution >= 0.6 is 0 Å². The third-order valence-electron chi connectivity index (χ3n) is 2.95. The second-order valence-electron chi connectivity index (χ2n) is 4.26. The van der Waals surface area contributed by atoms with Gasteiger partial charge < -0.3 is 4.74 Å². The van der Waals surface area contributed by atoms with E-state index >= 15 is 0 Å². The van der Waals surface area contributed by atoms with E-state index in [1.165, 1.54) is 6.92 Å². The van der Waals surface area contributed by atoms with Crippen molar-refractivity contribution in [3.63, 3.8) is 0 Å². The highest BCUT2D eigenvalue weighted by Gasteiger charge is 2.39. The molecule has 1 aromatic carbocycles. The molecule has 1 aromatic rings. The number of hydrogen-bond donors (Lipinski definition) is 0. The van der Waals surface area contributed by atoms with Gasteiger partial charge >= 0.3 is 0 Å². The average molecular weight is 244 g/mol. The Balaban J connectivity index is 2.40. The summed E-state index contributed by atoms with van der Waals surface area (Å²) in [5, 5.41) is 0. The third kappa shape index (κ3) is 2.07. The van der Waals surface area contributed by atoms with Crippen LogP contribution in [-0.4, -0.2) is 18.0 Å². The molecule has 1 unspecified atom stereocenters. The maximum atomic E-state index is 13.4. The molecular formula is C12H11F3O2. The Hall–Kier alpha value is -1.36. The third-order valence-corrected chi connectivity index (χ3v) is 2.95. The summed E-state index contributed by atoms with van der Waals surface area (Å²) in [7, 11) is 0. The summed E-state index contributed by atoms with van der Waals surface area (Å²) in [5.74, 6) is -4.26. The summed E-state index contributed by atoms with van der Waals surface area (Å²) in [4.78, 5) is 12.0. The number of ether oxygens (including phenoxy) is 1. The second-order valence-corrected chi connectivity index (χ2v) is 4.26. The van der Waals surface area contributed by atoms with E-state index in [4.69, 9.17) is 4.74 Å². The minimum atomic E-state index is -1.31. The van der Waals surface area contributed by atoms with E-state index in [9.17, 15) is 18.0 Å². The van der Waals surface area contributed by atoms with Gasteiger partial charge in [0.05, 0.1) is 5.56 Å². The van der Waals surface area contributed by atoms with Crippen LogP contribution in [0.5, 0.6) is 0 Å². The minimum absolute atomic E-state index is 0.376. The van der Waals surface area contributed by atoms with Crippen molar-refractivity contribution in [3.05, 3.63) is 35.1 Å². The highest BCUT2D eigenvalue weighted by Crippen LogP contribution is 2.30. The van der Waals surface area contributed by atoms with Crippen molar-refractivity contribution >= 4 is 5.78 Å². The molecule has 1 saturated heterocycles. The maximum Gasteiger partial charge on any atom is 0.197 e. The van der Waals surface area contributed by atoms with Gasteiger partial charge in [-0.3, -0.25) is 4.79 Å². The van der Waals surface area contributed by atoms with Gasteiger partial charge in [-0.25, -0.2) is 13.2 Å². The number of ketones is 1. The van der Waals surface area contributed by atoms with Gasteiger partial charge in [-0.1, -0.05) is 0 Å². The molecule has 5 heteroatoms. The quantitative estimate of drug-likeness (QED) is 0.590. The summed E-state index contributed by atoms with van der Waals surface area (Å²) < 4.78 is 44.4. The number of carbonyl (C=O) groups excluding carboxylic acids is 1. The van der Waals surface area contributed by atoms with Crippen LogP contribution < -0.4 is 0 Å². The summed E-state index contributed by atoms with van der Waals surface area (Å²) >= 11 is 0. The van der Waals surface area contributed by atoms with Gasteiger partial charge in [-0.2, -0.15) is 0 Å². The lowest BCUT2D eigenvalue weighted by Gasteiger charge is -2.21. The number of benzene rings is 1. The fourth-order valence-corrected chi connectivity index (χ4v) is 1.94. The fraction of sp³-hybridized carbons (Fsp3) is 0.417. The molecule has 1 atom stereocenters. The zero-order valence-electron chi connectivity index (χ0n) is 9.23. The standard InChI is InChI=1S/C12H11F3O2/c1-12(3-2-4-17-12)11(16)7-5-9(14)10(15)6-8(7)13/h5-6H,2-4H2,1H3. The molecular weight excluding hydrogens is 233 g/mol. The van der Waals surface area contributed by atoms with Gasteiger partial charge in [-0.15, -0.1) is 0 Å². The molecule has 0 aromatic heterocycles.